The lowest BCUT2D eigenvalue weighted by atomic mass is 10.2. The largest absolute Gasteiger partial charge is 0.506 e. The summed E-state index contributed by atoms with van der Waals surface area (Å²) in [6.45, 7) is 0. The first-order valence-electron chi connectivity index (χ1n) is 2.91. The van der Waals surface area contributed by atoms with Gasteiger partial charge in [-0.2, -0.15) is 0 Å². The quantitative estimate of drug-likeness (QED) is 0.311. The number of nitrogens with two attached hydrogens (primary N) is 1. The van der Waals surface area contributed by atoms with Crippen LogP contribution in [0.25, 0.3) is 0 Å². The number of anilines is 1. The summed E-state index contributed by atoms with van der Waals surface area (Å²) in [5.41, 5.74) is 5.26. The van der Waals surface area contributed by atoms with Crippen molar-refractivity contribution in [2.45, 2.75) is 0 Å². The van der Waals surface area contributed by atoms with Crippen LogP contribution < -0.4 is 5.73 Å². The van der Waals surface area contributed by atoms with Gasteiger partial charge in [0.25, 0.3) is 0 Å². The number of hydrogen-bond acceptors (Lipinski definition) is 4. The first-order valence-corrected chi connectivity index (χ1v) is 2.91. The molecule has 0 spiro atoms. The van der Waals surface area contributed by atoms with E-state index < -0.39 is 0 Å². The van der Waals surface area contributed by atoms with Gasteiger partial charge in [0.05, 0.1) is 0 Å². The highest BCUT2D eigenvalue weighted by Crippen LogP contribution is 2.30. The number of aromatic hydroxyl groups is 2. The minimum absolute atomic E-state index is 0.115. The van der Waals surface area contributed by atoms with E-state index in [1.165, 1.54) is 12.1 Å². The molecule has 1 aromatic carbocycles. The van der Waals surface area contributed by atoms with Crippen LogP contribution in [0.4, 0.5) is 5.69 Å². The van der Waals surface area contributed by atoms with Gasteiger partial charge >= 0.3 is 0 Å². The maximum absolute atomic E-state index is 10.2. The zero-order valence-corrected chi connectivity index (χ0v) is 5.61. The maximum Gasteiger partial charge on any atom is 0.150 e. The summed E-state index contributed by atoms with van der Waals surface area (Å²) in [6, 6.07) is 2.37. The van der Waals surface area contributed by atoms with E-state index in [1.54, 1.807) is 0 Å². The Morgan fingerprint density at radius 2 is 1.73 bits per heavy atom. The van der Waals surface area contributed by atoms with Crippen LogP contribution in [0.5, 0.6) is 11.5 Å². The third-order valence-electron chi connectivity index (χ3n) is 1.29. The minimum Gasteiger partial charge on any atom is -0.506 e. The van der Waals surface area contributed by atoms with Crippen LogP contribution in [0, 0.1) is 0 Å². The Balaban J connectivity index is 3.31. The lowest BCUT2D eigenvalue weighted by Crippen LogP contribution is -1.88. The molecular weight excluding hydrogens is 146 g/mol. The van der Waals surface area contributed by atoms with Crippen LogP contribution >= 0.6 is 0 Å². The molecule has 1 aromatic rings. The Hall–Kier alpha value is -1.71. The molecule has 0 atom stereocenters. The number of rotatable bonds is 1. The number of phenols is 2. The van der Waals surface area contributed by atoms with E-state index in [1.807, 2.05) is 0 Å². The van der Waals surface area contributed by atoms with Crippen LogP contribution in [-0.4, -0.2) is 16.5 Å². The first-order chi connectivity index (χ1) is 5.15. The summed E-state index contributed by atoms with van der Waals surface area (Å²) >= 11 is 0. The molecule has 0 fully saturated rings. The molecular formula is C7H7NO3. The van der Waals surface area contributed by atoms with Gasteiger partial charge in [-0.3, -0.25) is 4.79 Å². The Morgan fingerprint density at radius 1 is 1.27 bits per heavy atom. The van der Waals surface area contributed by atoms with E-state index in [0.717, 1.165) is 0 Å². The fourth-order valence-electron chi connectivity index (χ4n) is 0.712. The average Bonchev–Trinajstić information content (AvgIpc) is 1.99. The highest BCUT2D eigenvalue weighted by molar-refractivity contribution is 5.80. The number of carbonyl (C=O) groups excluding carboxylic acids is 1. The van der Waals surface area contributed by atoms with E-state index in [4.69, 9.17) is 15.9 Å². The molecule has 0 unspecified atom stereocenters. The molecule has 0 saturated carbocycles. The standard InChI is InChI=1S/C7H7NO3/c8-7-5(10)1-4(3-9)2-6(7)11/h1-3,10-11H,8H2. The number of phenolic OH excluding ortho intramolecular Hbond substituents is 2. The molecule has 0 bridgehead atoms. The summed E-state index contributed by atoms with van der Waals surface area (Å²) in [6.07, 6.45) is 0.513. The van der Waals surface area contributed by atoms with Gasteiger partial charge in [-0.05, 0) is 12.1 Å². The van der Waals surface area contributed by atoms with Gasteiger partial charge in [0, 0.05) is 5.56 Å². The number of carbonyl (C=O) groups is 1. The van der Waals surface area contributed by atoms with Crippen molar-refractivity contribution >= 4 is 12.0 Å². The fourth-order valence-corrected chi connectivity index (χ4v) is 0.712. The van der Waals surface area contributed by atoms with Gasteiger partial charge in [0.2, 0.25) is 0 Å². The third-order valence-corrected chi connectivity index (χ3v) is 1.29. The summed E-state index contributed by atoms with van der Waals surface area (Å²) in [5.74, 6) is -0.570. The molecule has 4 nitrogen and oxygen atoms in total. The van der Waals surface area contributed by atoms with Crippen LogP contribution in [-0.2, 0) is 0 Å². The fraction of sp³-hybridized carbons (Fsp3) is 0. The molecule has 0 radical (unpaired) electrons. The summed E-state index contributed by atoms with van der Waals surface area (Å²) < 4.78 is 0. The van der Waals surface area contributed by atoms with Crippen molar-refractivity contribution < 1.29 is 15.0 Å². The molecule has 0 aliphatic rings. The zero-order chi connectivity index (χ0) is 8.43. The molecule has 4 N–H and O–H groups in total. The zero-order valence-electron chi connectivity index (χ0n) is 5.61. The van der Waals surface area contributed by atoms with Crippen molar-refractivity contribution in [1.29, 1.82) is 0 Å². The first kappa shape index (κ1) is 7.40. The van der Waals surface area contributed by atoms with Crippen molar-refractivity contribution in [2.75, 3.05) is 5.73 Å². The number of benzene rings is 1. The molecule has 0 saturated heterocycles. The SMILES string of the molecule is Nc1c(O)cc(C=O)cc1O. The highest BCUT2D eigenvalue weighted by atomic mass is 16.3. The molecule has 4 heteroatoms. The van der Waals surface area contributed by atoms with E-state index in [2.05, 4.69) is 0 Å². The second kappa shape index (κ2) is 2.49. The minimum atomic E-state index is -0.285. The van der Waals surface area contributed by atoms with Gasteiger partial charge < -0.3 is 15.9 Å². The van der Waals surface area contributed by atoms with E-state index in [9.17, 15) is 4.79 Å². The van der Waals surface area contributed by atoms with Crippen LogP contribution in [0.3, 0.4) is 0 Å². The lowest BCUT2D eigenvalue weighted by molar-refractivity contribution is 0.112. The molecule has 1 rings (SSSR count). The Labute approximate surface area is 62.9 Å². The van der Waals surface area contributed by atoms with Crippen molar-refractivity contribution in [2.24, 2.45) is 0 Å². The highest BCUT2D eigenvalue weighted by Gasteiger charge is 2.04. The molecule has 0 aliphatic heterocycles. The monoisotopic (exact) mass is 153 g/mol. The number of aldehydes is 1. The van der Waals surface area contributed by atoms with Crippen LogP contribution in [0.2, 0.25) is 0 Å². The molecule has 0 aliphatic carbocycles. The molecule has 0 heterocycles. The second-order valence-corrected chi connectivity index (χ2v) is 2.09. The Bertz CT molecular complexity index is 273. The lowest BCUT2D eigenvalue weighted by Gasteiger charge is -2.01. The number of nitrogen functional groups attached to an aromatic ring is 1. The molecule has 11 heavy (non-hydrogen) atoms. The van der Waals surface area contributed by atoms with Gasteiger partial charge in [-0.1, -0.05) is 0 Å². The average molecular weight is 153 g/mol. The molecule has 0 amide bonds. The van der Waals surface area contributed by atoms with Crippen molar-refractivity contribution in [1.82, 2.24) is 0 Å². The normalized spacial score (nSPS) is 9.45. The van der Waals surface area contributed by atoms with Crippen LogP contribution in [0.15, 0.2) is 12.1 Å². The van der Waals surface area contributed by atoms with Crippen LogP contribution in [0.1, 0.15) is 10.4 Å². The van der Waals surface area contributed by atoms with Crippen molar-refractivity contribution in [3.05, 3.63) is 17.7 Å². The van der Waals surface area contributed by atoms with Crippen molar-refractivity contribution in [3.8, 4) is 11.5 Å². The maximum atomic E-state index is 10.2. The molecule has 58 valence electrons. The smallest absolute Gasteiger partial charge is 0.150 e. The topological polar surface area (TPSA) is 83.5 Å². The van der Waals surface area contributed by atoms with E-state index in [-0.39, 0.29) is 22.7 Å². The van der Waals surface area contributed by atoms with Gasteiger partial charge in [-0.25, -0.2) is 0 Å². The predicted molar refractivity (Wildman–Crippen MR) is 39.6 cm³/mol. The van der Waals surface area contributed by atoms with Crippen molar-refractivity contribution in [3.63, 3.8) is 0 Å². The summed E-state index contributed by atoms with van der Waals surface area (Å²) in [7, 11) is 0. The number of hydrogen-bond donors (Lipinski definition) is 3. The molecule has 0 aromatic heterocycles. The Morgan fingerprint density at radius 3 is 2.09 bits per heavy atom. The van der Waals surface area contributed by atoms with Gasteiger partial charge in [0.1, 0.15) is 23.5 Å². The van der Waals surface area contributed by atoms with E-state index in [0.29, 0.717) is 6.29 Å². The van der Waals surface area contributed by atoms with Gasteiger partial charge in [0.15, 0.2) is 0 Å². The van der Waals surface area contributed by atoms with Gasteiger partial charge in [-0.15, -0.1) is 0 Å². The third kappa shape index (κ3) is 1.24. The summed E-state index contributed by atoms with van der Waals surface area (Å²) in [4.78, 5) is 10.2. The summed E-state index contributed by atoms with van der Waals surface area (Å²) in [5, 5.41) is 17.9. The predicted octanol–water partition coefficient (Wildman–Crippen LogP) is 0.492. The second-order valence-electron chi connectivity index (χ2n) is 2.09. The Kier molecular flexibility index (Phi) is 1.68. The van der Waals surface area contributed by atoms with E-state index >= 15 is 0 Å².